The maximum Gasteiger partial charge on any atom is 0.196 e. The van der Waals surface area contributed by atoms with Crippen LogP contribution in [0.15, 0.2) is 69.9 Å². The maximum absolute atomic E-state index is 12.5. The summed E-state index contributed by atoms with van der Waals surface area (Å²) >= 11 is 6.79. The predicted octanol–water partition coefficient (Wildman–Crippen LogP) is 4.63. The molecule has 0 unspecified atom stereocenters. The number of aromatic nitrogens is 2. The van der Waals surface area contributed by atoms with E-state index in [9.17, 15) is 4.79 Å². The van der Waals surface area contributed by atoms with Crippen LogP contribution in [0.5, 0.6) is 0 Å². The lowest BCUT2D eigenvalue weighted by molar-refractivity contribution is 0.103. The largest absolute Gasteiger partial charge is 0.288 e. The van der Waals surface area contributed by atoms with Crippen molar-refractivity contribution in [1.29, 1.82) is 0 Å². The Morgan fingerprint density at radius 2 is 1.62 bits per heavy atom. The van der Waals surface area contributed by atoms with E-state index in [1.165, 1.54) is 0 Å². The zero-order chi connectivity index (χ0) is 14.8. The fourth-order valence-corrected chi connectivity index (χ4v) is 3.31. The van der Waals surface area contributed by atoms with Gasteiger partial charge in [0.2, 0.25) is 0 Å². The minimum atomic E-state index is -0.0563. The highest BCUT2D eigenvalue weighted by molar-refractivity contribution is 9.11. The minimum Gasteiger partial charge on any atom is -0.288 e. The molecule has 3 rings (SSSR count). The third-order valence-corrected chi connectivity index (χ3v) is 3.91. The summed E-state index contributed by atoms with van der Waals surface area (Å²) in [5.74, 6) is -0.0563. The van der Waals surface area contributed by atoms with Gasteiger partial charge in [0, 0.05) is 20.7 Å². The summed E-state index contributed by atoms with van der Waals surface area (Å²) in [7, 11) is 0. The fourth-order valence-electron chi connectivity index (χ4n) is 2.01. The van der Waals surface area contributed by atoms with Crippen molar-refractivity contribution in [1.82, 2.24) is 9.78 Å². The molecule has 0 aliphatic rings. The Morgan fingerprint density at radius 3 is 2.29 bits per heavy atom. The smallest absolute Gasteiger partial charge is 0.196 e. The Hall–Kier alpha value is -1.72. The molecule has 1 heterocycles. The summed E-state index contributed by atoms with van der Waals surface area (Å²) in [5, 5.41) is 4.25. The molecule has 3 nitrogen and oxygen atoms in total. The van der Waals surface area contributed by atoms with E-state index in [1.54, 1.807) is 29.2 Å². The quantitative estimate of drug-likeness (QED) is 0.595. The Bertz CT molecular complexity index is 777. The van der Waals surface area contributed by atoms with Crippen molar-refractivity contribution in [2.24, 2.45) is 0 Å². The molecule has 0 N–H and O–H groups in total. The molecular weight excluding hydrogens is 396 g/mol. The first-order chi connectivity index (χ1) is 10.1. The van der Waals surface area contributed by atoms with Gasteiger partial charge < -0.3 is 0 Å². The molecule has 2 aromatic carbocycles. The van der Waals surface area contributed by atoms with Crippen molar-refractivity contribution < 1.29 is 4.79 Å². The molecule has 0 aliphatic heterocycles. The van der Waals surface area contributed by atoms with Crippen LogP contribution in [0.4, 0.5) is 0 Å². The number of benzene rings is 2. The van der Waals surface area contributed by atoms with Crippen molar-refractivity contribution in [3.63, 3.8) is 0 Å². The highest BCUT2D eigenvalue weighted by atomic mass is 79.9. The fraction of sp³-hybridized carbons (Fsp3) is 0. The number of rotatable bonds is 3. The van der Waals surface area contributed by atoms with E-state index in [0.29, 0.717) is 11.1 Å². The van der Waals surface area contributed by atoms with Gasteiger partial charge in [-0.25, -0.2) is 4.68 Å². The van der Waals surface area contributed by atoms with Crippen molar-refractivity contribution in [2.75, 3.05) is 0 Å². The first-order valence-corrected chi connectivity index (χ1v) is 7.83. The summed E-state index contributed by atoms with van der Waals surface area (Å²) in [5.41, 5.74) is 2.10. The monoisotopic (exact) mass is 404 g/mol. The van der Waals surface area contributed by atoms with Gasteiger partial charge in [0.15, 0.2) is 5.78 Å². The molecule has 3 aromatic rings. The van der Waals surface area contributed by atoms with Crippen LogP contribution in [0.3, 0.4) is 0 Å². The van der Waals surface area contributed by atoms with Gasteiger partial charge in [-0.3, -0.25) is 4.79 Å². The predicted molar refractivity (Wildman–Crippen MR) is 88.8 cm³/mol. The topological polar surface area (TPSA) is 34.9 Å². The lowest BCUT2D eigenvalue weighted by Gasteiger charge is -2.01. The number of halogens is 2. The molecular formula is C16H10Br2N2O. The van der Waals surface area contributed by atoms with Crippen molar-refractivity contribution in [2.45, 2.75) is 0 Å². The molecule has 0 amide bonds. The molecule has 0 spiro atoms. The SMILES string of the molecule is O=C(c1cc(Br)cc(Br)c1)c1cnn(-c2ccccc2)c1. The van der Waals surface area contributed by atoms with Crippen LogP contribution in [0, 0.1) is 0 Å². The maximum atomic E-state index is 12.5. The standard InChI is InChI=1S/C16H10Br2N2O/c17-13-6-11(7-14(18)8-13)16(21)12-9-19-20(10-12)15-4-2-1-3-5-15/h1-10H. The summed E-state index contributed by atoms with van der Waals surface area (Å²) in [6, 6.07) is 15.2. The molecule has 0 aliphatic carbocycles. The van der Waals surface area contributed by atoms with Gasteiger partial charge in [0.25, 0.3) is 0 Å². The van der Waals surface area contributed by atoms with Crippen LogP contribution < -0.4 is 0 Å². The molecule has 104 valence electrons. The van der Waals surface area contributed by atoms with Gasteiger partial charge in [-0.05, 0) is 30.3 Å². The Labute approximate surface area is 138 Å². The number of para-hydroxylation sites is 1. The van der Waals surface area contributed by atoms with Gasteiger partial charge in [-0.1, -0.05) is 50.1 Å². The highest BCUT2D eigenvalue weighted by Crippen LogP contribution is 2.22. The molecule has 0 bridgehead atoms. The van der Waals surface area contributed by atoms with Gasteiger partial charge in [0.05, 0.1) is 17.4 Å². The Morgan fingerprint density at radius 1 is 0.952 bits per heavy atom. The second-order valence-corrected chi connectivity index (χ2v) is 6.33. The van der Waals surface area contributed by atoms with E-state index < -0.39 is 0 Å². The number of carbonyl (C=O) groups excluding carboxylic acids is 1. The molecule has 0 saturated carbocycles. The summed E-state index contributed by atoms with van der Waals surface area (Å²) in [6.07, 6.45) is 3.33. The number of nitrogens with zero attached hydrogens (tertiary/aromatic N) is 2. The zero-order valence-electron chi connectivity index (χ0n) is 10.8. The van der Waals surface area contributed by atoms with Crippen LogP contribution in [0.2, 0.25) is 0 Å². The number of hydrogen-bond acceptors (Lipinski definition) is 2. The molecule has 5 heteroatoms. The summed E-state index contributed by atoms with van der Waals surface area (Å²) < 4.78 is 3.41. The lowest BCUT2D eigenvalue weighted by Crippen LogP contribution is -2.00. The molecule has 0 saturated heterocycles. The van der Waals surface area contributed by atoms with Crippen LogP contribution in [-0.4, -0.2) is 15.6 Å². The zero-order valence-corrected chi connectivity index (χ0v) is 14.0. The van der Waals surface area contributed by atoms with Crippen molar-refractivity contribution in [3.8, 4) is 5.69 Å². The van der Waals surface area contributed by atoms with Crippen molar-refractivity contribution >= 4 is 37.6 Å². The van der Waals surface area contributed by atoms with Gasteiger partial charge >= 0.3 is 0 Å². The Balaban J connectivity index is 1.94. The van der Waals surface area contributed by atoms with Gasteiger partial charge in [-0.2, -0.15) is 5.10 Å². The van der Waals surface area contributed by atoms with Crippen LogP contribution >= 0.6 is 31.9 Å². The lowest BCUT2D eigenvalue weighted by atomic mass is 10.1. The van der Waals surface area contributed by atoms with E-state index in [0.717, 1.165) is 14.6 Å². The van der Waals surface area contributed by atoms with E-state index >= 15 is 0 Å². The third kappa shape index (κ3) is 3.14. The third-order valence-electron chi connectivity index (χ3n) is 2.99. The first kappa shape index (κ1) is 14.2. The van der Waals surface area contributed by atoms with Crippen molar-refractivity contribution in [3.05, 3.63) is 81.0 Å². The summed E-state index contributed by atoms with van der Waals surface area (Å²) in [4.78, 5) is 12.5. The highest BCUT2D eigenvalue weighted by Gasteiger charge is 2.13. The van der Waals surface area contributed by atoms with E-state index in [2.05, 4.69) is 37.0 Å². The van der Waals surface area contributed by atoms with Gasteiger partial charge in [-0.15, -0.1) is 0 Å². The van der Waals surface area contributed by atoms with Gasteiger partial charge in [0.1, 0.15) is 0 Å². The average Bonchev–Trinajstić information content (AvgIpc) is 2.96. The molecule has 0 atom stereocenters. The number of hydrogen-bond donors (Lipinski definition) is 0. The minimum absolute atomic E-state index is 0.0563. The molecule has 0 radical (unpaired) electrons. The Kier molecular flexibility index (Phi) is 4.03. The second kappa shape index (κ2) is 5.95. The number of ketones is 1. The van der Waals surface area contributed by atoms with Crippen LogP contribution in [-0.2, 0) is 0 Å². The van der Waals surface area contributed by atoms with E-state index in [-0.39, 0.29) is 5.78 Å². The molecule has 21 heavy (non-hydrogen) atoms. The average molecular weight is 406 g/mol. The number of carbonyl (C=O) groups is 1. The molecule has 1 aromatic heterocycles. The second-order valence-electron chi connectivity index (χ2n) is 4.50. The molecule has 0 fully saturated rings. The van der Waals surface area contributed by atoms with Crippen LogP contribution in [0.1, 0.15) is 15.9 Å². The summed E-state index contributed by atoms with van der Waals surface area (Å²) in [6.45, 7) is 0. The first-order valence-electron chi connectivity index (χ1n) is 6.24. The van der Waals surface area contributed by atoms with E-state index in [1.807, 2.05) is 36.4 Å². The van der Waals surface area contributed by atoms with Crippen LogP contribution in [0.25, 0.3) is 5.69 Å². The normalized spacial score (nSPS) is 10.6. The van der Waals surface area contributed by atoms with E-state index in [4.69, 9.17) is 0 Å².